The van der Waals surface area contributed by atoms with Crippen molar-refractivity contribution in [2.75, 3.05) is 6.61 Å². The van der Waals surface area contributed by atoms with E-state index in [9.17, 15) is 23.9 Å². The monoisotopic (exact) mass is 434 g/mol. The van der Waals surface area contributed by atoms with E-state index >= 15 is 0 Å². The van der Waals surface area contributed by atoms with Gasteiger partial charge in [0.15, 0.2) is 4.64 Å². The molecule has 0 bridgehead atoms. The Morgan fingerprint density at radius 1 is 1.38 bits per heavy atom. The van der Waals surface area contributed by atoms with Crippen LogP contribution in [0.3, 0.4) is 0 Å². The largest absolute Gasteiger partial charge is 0.555 e. The van der Waals surface area contributed by atoms with E-state index < -0.39 is 46.4 Å². The molecule has 148 valence electrons. The second-order valence-electron chi connectivity index (χ2n) is 5.34. The summed E-state index contributed by atoms with van der Waals surface area (Å²) in [4.78, 5) is 39.2. The zero-order valence-corrected chi connectivity index (χ0v) is 15.7. The first-order valence-corrected chi connectivity index (χ1v) is 10.4. The minimum absolute atomic E-state index is 0.0723. The predicted octanol–water partition coefficient (Wildman–Crippen LogP) is -1.03. The summed E-state index contributed by atoms with van der Waals surface area (Å²) in [5.41, 5.74) is -0.915. The molecule has 0 amide bonds. The summed E-state index contributed by atoms with van der Waals surface area (Å²) in [6.45, 7) is 0.933. The van der Waals surface area contributed by atoms with Crippen LogP contribution in [0, 0.1) is 11.6 Å². The molecule has 0 aliphatic carbocycles. The highest BCUT2D eigenvalue weighted by Crippen LogP contribution is 2.55. The number of aliphatic hydroxyl groups is 2. The standard InChI is InChI=1S/C10H16N2O11P2S/c1-5-3-11(8-2-6(14)7(4-13)21-8)10(15)12(9(5)26)22-25(19,20)23-24(16,17)18/h3,6-8,13-14H,2,4H2,1H3,(H,19,20)(H2,16,17,18)/t6-,7+,8+/m0/s1. The predicted molar refractivity (Wildman–Crippen MR) is 85.4 cm³/mol. The van der Waals surface area contributed by atoms with E-state index in [4.69, 9.17) is 31.8 Å². The van der Waals surface area contributed by atoms with Crippen LogP contribution >= 0.6 is 27.9 Å². The first kappa shape index (κ1) is 21.4. The maximum atomic E-state index is 12.5. The lowest BCUT2D eigenvalue weighted by atomic mass is 10.2. The van der Waals surface area contributed by atoms with E-state index in [2.05, 4.69) is 8.94 Å². The highest BCUT2D eigenvalue weighted by atomic mass is 32.1. The minimum Gasteiger partial charge on any atom is -0.394 e. The number of ether oxygens (including phenoxy) is 1. The fourth-order valence-corrected chi connectivity index (χ4v) is 4.03. The molecule has 2 heterocycles. The first-order chi connectivity index (χ1) is 11.8. The molecule has 2 rings (SSSR count). The molecule has 1 aliphatic rings. The Morgan fingerprint density at radius 3 is 2.50 bits per heavy atom. The molecule has 0 radical (unpaired) electrons. The number of nitrogens with zero attached hydrogens (tertiary/aromatic N) is 2. The quantitative estimate of drug-likeness (QED) is 0.271. The second-order valence-corrected chi connectivity index (χ2v) is 8.46. The molecular weight excluding hydrogens is 418 g/mol. The van der Waals surface area contributed by atoms with E-state index in [1.165, 1.54) is 13.1 Å². The van der Waals surface area contributed by atoms with Crippen LogP contribution < -0.4 is 10.3 Å². The average molecular weight is 434 g/mol. The van der Waals surface area contributed by atoms with Gasteiger partial charge in [0, 0.05) is 18.2 Å². The Morgan fingerprint density at radius 2 is 2.00 bits per heavy atom. The molecule has 0 saturated carbocycles. The maximum Gasteiger partial charge on any atom is 0.555 e. The lowest BCUT2D eigenvalue weighted by Crippen LogP contribution is -2.37. The molecule has 1 unspecified atom stereocenters. The fraction of sp³-hybridized carbons (Fsp3) is 0.600. The minimum atomic E-state index is -5.40. The van der Waals surface area contributed by atoms with Gasteiger partial charge in [0.05, 0.1) is 12.7 Å². The molecule has 1 fully saturated rings. The third-order valence-electron chi connectivity index (χ3n) is 3.34. The molecule has 0 spiro atoms. The van der Waals surface area contributed by atoms with Gasteiger partial charge >= 0.3 is 21.3 Å². The van der Waals surface area contributed by atoms with Crippen LogP contribution in [0.5, 0.6) is 0 Å². The Bertz CT molecular complexity index is 892. The Balaban J connectivity index is 2.44. The first-order valence-electron chi connectivity index (χ1n) is 6.93. The topological polar surface area (TPSA) is 190 Å². The lowest BCUT2D eigenvalue weighted by Gasteiger charge is -2.19. The summed E-state index contributed by atoms with van der Waals surface area (Å²) in [6.07, 6.45) is -1.87. The van der Waals surface area contributed by atoms with Crippen molar-refractivity contribution < 1.29 is 47.7 Å². The van der Waals surface area contributed by atoms with Crippen LogP contribution in [-0.4, -0.2) is 53.0 Å². The van der Waals surface area contributed by atoms with Gasteiger partial charge in [-0.2, -0.15) is 4.31 Å². The maximum absolute atomic E-state index is 12.5. The Kier molecular flexibility index (Phi) is 6.25. The molecule has 1 aromatic rings. The zero-order valence-electron chi connectivity index (χ0n) is 13.1. The Labute approximate surface area is 150 Å². The van der Waals surface area contributed by atoms with Gasteiger partial charge in [0.1, 0.15) is 12.3 Å². The van der Waals surface area contributed by atoms with E-state index in [0.29, 0.717) is 0 Å². The number of rotatable bonds is 6. The molecule has 1 aromatic heterocycles. The summed E-state index contributed by atoms with van der Waals surface area (Å²) >= 11 is 4.91. The Hall–Kier alpha value is -0.920. The number of phosphoric acid groups is 2. The van der Waals surface area contributed by atoms with Crippen molar-refractivity contribution in [2.45, 2.75) is 31.8 Å². The van der Waals surface area contributed by atoms with E-state index in [-0.39, 0.29) is 21.4 Å². The smallest absolute Gasteiger partial charge is 0.394 e. The van der Waals surface area contributed by atoms with Crippen LogP contribution in [-0.2, 0) is 18.2 Å². The fourth-order valence-electron chi connectivity index (χ4n) is 2.25. The van der Waals surface area contributed by atoms with Crippen molar-refractivity contribution in [1.82, 2.24) is 9.30 Å². The van der Waals surface area contributed by atoms with Crippen LogP contribution in [0.4, 0.5) is 0 Å². The molecule has 26 heavy (non-hydrogen) atoms. The van der Waals surface area contributed by atoms with Crippen LogP contribution in [0.1, 0.15) is 18.2 Å². The highest BCUT2D eigenvalue weighted by Gasteiger charge is 2.37. The molecule has 5 N–H and O–H groups in total. The normalized spacial score (nSPS) is 25.8. The number of aromatic nitrogens is 2. The van der Waals surface area contributed by atoms with Crippen molar-refractivity contribution in [1.29, 1.82) is 0 Å². The van der Waals surface area contributed by atoms with Gasteiger partial charge in [0.2, 0.25) is 0 Å². The lowest BCUT2D eigenvalue weighted by molar-refractivity contribution is -0.0474. The van der Waals surface area contributed by atoms with Crippen LogP contribution in [0.2, 0.25) is 0 Å². The van der Waals surface area contributed by atoms with Crippen molar-refractivity contribution in [3.05, 3.63) is 26.9 Å². The SMILES string of the molecule is Cc1cn([C@H]2C[C@H](O)[C@@H](CO)O2)c(=O)n(OP(=O)(O)OP(=O)(O)O)c1=S. The summed E-state index contributed by atoms with van der Waals surface area (Å²) in [5, 5.41) is 18.9. The summed E-state index contributed by atoms with van der Waals surface area (Å²) < 4.78 is 36.5. The summed E-state index contributed by atoms with van der Waals surface area (Å²) in [7, 11) is -10.8. The average Bonchev–Trinajstić information content (AvgIpc) is 2.85. The van der Waals surface area contributed by atoms with Gasteiger partial charge < -0.3 is 29.4 Å². The third-order valence-corrected chi connectivity index (χ3v) is 5.87. The molecule has 4 atom stereocenters. The van der Waals surface area contributed by atoms with Crippen molar-refractivity contribution in [2.24, 2.45) is 0 Å². The number of aryl methyl sites for hydroxylation is 1. The van der Waals surface area contributed by atoms with E-state index in [1.807, 2.05) is 0 Å². The second kappa shape index (κ2) is 7.60. The molecule has 1 aliphatic heterocycles. The highest BCUT2D eigenvalue weighted by molar-refractivity contribution is 7.71. The van der Waals surface area contributed by atoms with Gasteiger partial charge in [-0.1, -0.05) is 12.2 Å². The van der Waals surface area contributed by atoms with Crippen molar-refractivity contribution in [3.8, 4) is 0 Å². The zero-order chi connectivity index (χ0) is 19.9. The molecule has 1 saturated heterocycles. The summed E-state index contributed by atoms with van der Waals surface area (Å²) in [6, 6.07) is 0. The van der Waals surface area contributed by atoms with E-state index in [1.54, 1.807) is 0 Å². The third kappa shape index (κ3) is 4.87. The molecule has 13 nitrogen and oxygen atoms in total. The van der Waals surface area contributed by atoms with Gasteiger partial charge in [-0.15, -0.1) is 4.73 Å². The van der Waals surface area contributed by atoms with Crippen molar-refractivity contribution >= 4 is 27.9 Å². The van der Waals surface area contributed by atoms with Gasteiger partial charge in [-0.3, -0.25) is 9.46 Å². The molecule has 0 aromatic carbocycles. The van der Waals surface area contributed by atoms with Gasteiger partial charge in [-0.05, 0) is 6.92 Å². The van der Waals surface area contributed by atoms with Crippen LogP contribution in [0.25, 0.3) is 0 Å². The van der Waals surface area contributed by atoms with Crippen LogP contribution in [0.15, 0.2) is 11.0 Å². The molecule has 16 heteroatoms. The van der Waals surface area contributed by atoms with Gasteiger partial charge in [0.25, 0.3) is 0 Å². The summed E-state index contributed by atoms with van der Waals surface area (Å²) in [5.74, 6) is 0. The number of aliphatic hydroxyl groups excluding tert-OH is 2. The number of hydrogen-bond donors (Lipinski definition) is 5. The number of hydrogen-bond acceptors (Lipinski definition) is 9. The van der Waals surface area contributed by atoms with Crippen molar-refractivity contribution in [3.63, 3.8) is 0 Å². The molecular formula is C10H16N2O11P2S. The van der Waals surface area contributed by atoms with Gasteiger partial charge in [-0.25, -0.2) is 13.9 Å². The van der Waals surface area contributed by atoms with E-state index in [0.717, 1.165) is 4.57 Å².